The molecule has 0 aromatic rings. The highest BCUT2D eigenvalue weighted by Gasteiger charge is 2.28. The second-order valence-corrected chi connectivity index (χ2v) is 8.06. The number of carbonyl (C=O) groups is 1. The molecule has 2 unspecified atom stereocenters. The topological polar surface area (TPSA) is 35.5 Å². The van der Waals surface area contributed by atoms with E-state index in [1.54, 1.807) is 24.3 Å². The lowest BCUT2D eigenvalue weighted by Crippen LogP contribution is -2.29. The maximum atomic E-state index is 11.8. The van der Waals surface area contributed by atoms with Gasteiger partial charge < -0.3 is 9.47 Å². The first-order valence-electron chi connectivity index (χ1n) is 9.72. The van der Waals surface area contributed by atoms with E-state index in [4.69, 9.17) is 9.47 Å². The summed E-state index contributed by atoms with van der Waals surface area (Å²) in [5, 5.41) is -0.566. The molecule has 0 saturated heterocycles. The van der Waals surface area contributed by atoms with Gasteiger partial charge in [-0.3, -0.25) is 4.79 Å². The van der Waals surface area contributed by atoms with Gasteiger partial charge in [0.15, 0.2) is 0 Å². The average Bonchev–Trinajstić information content (AvgIpc) is 2.73. The number of rotatable bonds is 13. The van der Waals surface area contributed by atoms with E-state index in [2.05, 4.69) is 55.3 Å². The number of methoxy groups -OCH3 is 1. The van der Waals surface area contributed by atoms with E-state index in [0.717, 1.165) is 29.6 Å². The van der Waals surface area contributed by atoms with Crippen LogP contribution in [0.3, 0.4) is 0 Å². The van der Waals surface area contributed by atoms with Crippen LogP contribution in [0, 0.1) is 0 Å². The lowest BCUT2D eigenvalue weighted by Gasteiger charge is -2.21. The number of allylic oxidation sites excluding steroid dienone is 11. The molecule has 0 N–H and O–H groups in total. The van der Waals surface area contributed by atoms with Crippen LogP contribution < -0.4 is 0 Å². The first kappa shape index (κ1) is 30.3. The molecule has 0 bridgehead atoms. The fourth-order valence-corrected chi connectivity index (χ4v) is 2.17. The highest BCUT2D eigenvalue weighted by Crippen LogP contribution is 2.26. The fraction of sp³-hybridized carbons (Fsp3) is 0.222. The zero-order valence-electron chi connectivity index (χ0n) is 19.3. The van der Waals surface area contributed by atoms with Crippen LogP contribution in [-0.2, 0) is 14.3 Å². The van der Waals surface area contributed by atoms with Crippen molar-refractivity contribution >= 4 is 15.2 Å². The zero-order valence-corrected chi connectivity index (χ0v) is 20.4. The number of ether oxygens (including phenoxy) is 2. The first-order chi connectivity index (χ1) is 14.4. The molecule has 168 valence electrons. The normalized spacial score (nSPS) is 12.4. The molecule has 31 heavy (non-hydrogen) atoms. The molecular formula is C27H37O3P. The Labute approximate surface area is 191 Å². The molecule has 0 saturated carbocycles. The number of carbonyl (C=O) groups excluding carboxylic acids is 1. The standard InChI is InChI=1S/C14H16.C13H21O3P/c1-6-8-9-13(4)14(5)11-10-12(3)7-2;1-6-9-13(4,17)12(14)16-11(3)8-7-10(2)15-5/h6-11H,1-5H2;7-8H,2-3,6,9,17H2,1,4-5H3/b9-8-,11-10-;8-7-. The van der Waals surface area contributed by atoms with Gasteiger partial charge in [-0.25, -0.2) is 0 Å². The van der Waals surface area contributed by atoms with Crippen LogP contribution in [0.4, 0.5) is 0 Å². The number of hydrogen-bond donors (Lipinski definition) is 0. The lowest BCUT2D eigenvalue weighted by molar-refractivity contribution is -0.141. The van der Waals surface area contributed by atoms with E-state index in [0.29, 0.717) is 5.76 Å². The van der Waals surface area contributed by atoms with Crippen LogP contribution in [0.1, 0.15) is 26.7 Å². The summed E-state index contributed by atoms with van der Waals surface area (Å²) in [6.07, 6.45) is 15.6. The quantitative estimate of drug-likeness (QED) is 0.130. The highest BCUT2D eigenvalue weighted by molar-refractivity contribution is 7.20. The predicted octanol–water partition coefficient (Wildman–Crippen LogP) is 7.33. The molecule has 4 heteroatoms. The van der Waals surface area contributed by atoms with E-state index in [-0.39, 0.29) is 11.7 Å². The van der Waals surface area contributed by atoms with Gasteiger partial charge in [0.05, 0.1) is 12.3 Å². The number of hydrogen-bond acceptors (Lipinski definition) is 3. The Kier molecular flexibility index (Phi) is 16.5. The number of esters is 1. The first-order valence-corrected chi connectivity index (χ1v) is 10.3. The molecule has 0 rings (SSSR count). The van der Waals surface area contributed by atoms with E-state index in [9.17, 15) is 4.79 Å². The molecular weight excluding hydrogens is 403 g/mol. The fourth-order valence-electron chi connectivity index (χ4n) is 1.82. The monoisotopic (exact) mass is 440 g/mol. The summed E-state index contributed by atoms with van der Waals surface area (Å²) in [5.41, 5.74) is 2.57. The van der Waals surface area contributed by atoms with Gasteiger partial charge in [0, 0.05) is 0 Å². The summed E-state index contributed by atoms with van der Waals surface area (Å²) in [6.45, 7) is 29.8. The van der Waals surface area contributed by atoms with Crippen LogP contribution in [0.25, 0.3) is 0 Å². The largest absolute Gasteiger partial charge is 0.497 e. The summed E-state index contributed by atoms with van der Waals surface area (Å²) in [6, 6.07) is 0. The molecule has 0 spiro atoms. The molecule has 0 aliphatic carbocycles. The molecule has 0 aliphatic rings. The van der Waals surface area contributed by atoms with Gasteiger partial charge in [-0.15, -0.1) is 9.24 Å². The summed E-state index contributed by atoms with van der Waals surface area (Å²) >= 11 is 0. The summed E-state index contributed by atoms with van der Waals surface area (Å²) in [5.74, 6) is 0.449. The van der Waals surface area contributed by atoms with Crippen LogP contribution in [0.15, 0.2) is 123 Å². The van der Waals surface area contributed by atoms with E-state index in [1.165, 1.54) is 7.11 Å². The summed E-state index contributed by atoms with van der Waals surface area (Å²) in [4.78, 5) is 11.8. The van der Waals surface area contributed by atoms with Crippen molar-refractivity contribution in [3.8, 4) is 0 Å². The van der Waals surface area contributed by atoms with Gasteiger partial charge in [-0.1, -0.05) is 95.9 Å². The zero-order chi connectivity index (χ0) is 24.4. The average molecular weight is 441 g/mol. The lowest BCUT2D eigenvalue weighted by atomic mass is 10.1. The van der Waals surface area contributed by atoms with Crippen molar-refractivity contribution in [3.05, 3.63) is 123 Å². The summed E-state index contributed by atoms with van der Waals surface area (Å²) in [7, 11) is 4.04. The molecule has 0 amide bonds. The minimum Gasteiger partial charge on any atom is -0.497 e. The second-order valence-electron chi connectivity index (χ2n) is 6.78. The van der Waals surface area contributed by atoms with Crippen molar-refractivity contribution in [2.45, 2.75) is 31.8 Å². The maximum Gasteiger partial charge on any atom is 0.320 e. The Bertz CT molecular complexity index is 789. The van der Waals surface area contributed by atoms with Crippen molar-refractivity contribution in [1.29, 1.82) is 0 Å². The van der Waals surface area contributed by atoms with Crippen molar-refractivity contribution in [1.82, 2.24) is 0 Å². The van der Waals surface area contributed by atoms with Gasteiger partial charge >= 0.3 is 5.97 Å². The molecule has 2 atom stereocenters. The minimum atomic E-state index is -0.566. The SMILES string of the molecule is C=C(/C=C\C(=C)OC(=O)C(C)(P)CCC)OC.C=C/C=C\C(=C)C(=C)/C=C\C(=C)C=C. The Hall–Kier alpha value is -2.90. The van der Waals surface area contributed by atoms with Crippen LogP contribution in [-0.4, -0.2) is 18.2 Å². The van der Waals surface area contributed by atoms with E-state index in [1.807, 2.05) is 38.2 Å². The molecule has 0 radical (unpaired) electrons. The third kappa shape index (κ3) is 15.6. The summed E-state index contributed by atoms with van der Waals surface area (Å²) < 4.78 is 9.97. The van der Waals surface area contributed by atoms with Crippen molar-refractivity contribution in [3.63, 3.8) is 0 Å². The maximum absolute atomic E-state index is 11.8. The van der Waals surface area contributed by atoms with E-state index < -0.39 is 5.16 Å². The smallest absolute Gasteiger partial charge is 0.320 e. The predicted molar refractivity (Wildman–Crippen MR) is 140 cm³/mol. The Balaban J connectivity index is 0. The highest BCUT2D eigenvalue weighted by atomic mass is 31.0. The van der Waals surface area contributed by atoms with Gasteiger partial charge in [0.1, 0.15) is 11.5 Å². The minimum absolute atomic E-state index is 0.276. The molecule has 0 aromatic carbocycles. The van der Waals surface area contributed by atoms with Crippen molar-refractivity contribution in [2.75, 3.05) is 7.11 Å². The van der Waals surface area contributed by atoms with Gasteiger partial charge in [0.2, 0.25) is 0 Å². The molecule has 0 heterocycles. The van der Waals surface area contributed by atoms with Crippen molar-refractivity contribution in [2.24, 2.45) is 0 Å². The Morgan fingerprint density at radius 3 is 1.97 bits per heavy atom. The van der Waals surface area contributed by atoms with Gasteiger partial charge in [-0.2, -0.15) is 0 Å². The molecule has 3 nitrogen and oxygen atoms in total. The second kappa shape index (κ2) is 16.8. The molecule has 0 aliphatic heterocycles. The van der Waals surface area contributed by atoms with Crippen LogP contribution >= 0.6 is 9.24 Å². The van der Waals surface area contributed by atoms with Gasteiger partial charge in [0.25, 0.3) is 0 Å². The third-order valence-corrected chi connectivity index (χ3v) is 4.31. The Morgan fingerprint density at radius 1 is 0.935 bits per heavy atom. The van der Waals surface area contributed by atoms with Crippen molar-refractivity contribution < 1.29 is 14.3 Å². The van der Waals surface area contributed by atoms with Crippen LogP contribution in [0.5, 0.6) is 0 Å². The van der Waals surface area contributed by atoms with E-state index >= 15 is 0 Å². The van der Waals surface area contributed by atoms with Gasteiger partial charge in [-0.05, 0) is 42.2 Å². The molecule has 0 fully saturated rings. The third-order valence-electron chi connectivity index (χ3n) is 3.78. The Morgan fingerprint density at radius 2 is 1.48 bits per heavy atom. The molecule has 0 aromatic heterocycles. The van der Waals surface area contributed by atoms with Crippen LogP contribution in [0.2, 0.25) is 0 Å².